The molecule has 2 heterocycles. The molecule has 0 aliphatic carbocycles. The summed E-state index contributed by atoms with van der Waals surface area (Å²) in [6.45, 7) is 0. The van der Waals surface area contributed by atoms with Gasteiger partial charge in [-0.3, -0.25) is 9.97 Å². The van der Waals surface area contributed by atoms with Gasteiger partial charge in [0.15, 0.2) is 0 Å². The van der Waals surface area contributed by atoms with E-state index in [1.165, 1.54) is 64.6 Å². The Balaban J connectivity index is 1.23. The van der Waals surface area contributed by atoms with Crippen molar-refractivity contribution in [2.24, 2.45) is 0 Å². The molecule has 9 rings (SSSR count). The summed E-state index contributed by atoms with van der Waals surface area (Å²) in [6.07, 6.45) is 4.08. The maximum absolute atomic E-state index is 4.97. The summed E-state index contributed by atoms with van der Waals surface area (Å²) in [7, 11) is 0. The van der Waals surface area contributed by atoms with E-state index < -0.39 is 0 Å². The smallest absolute Gasteiger partial charge is 0.0708 e. The molecule has 0 amide bonds. The van der Waals surface area contributed by atoms with Crippen LogP contribution in [0, 0.1) is 0 Å². The van der Waals surface area contributed by atoms with Crippen LogP contribution in [0.2, 0.25) is 0 Å². The number of nitrogens with zero attached hydrogens (tertiary/aromatic N) is 2. The fourth-order valence-corrected chi connectivity index (χ4v) is 6.75. The van der Waals surface area contributed by atoms with E-state index in [1.807, 2.05) is 12.4 Å². The molecule has 0 N–H and O–H groups in total. The monoisotopic (exact) mass is 532 g/mol. The maximum atomic E-state index is 4.97. The molecule has 0 bridgehead atoms. The van der Waals surface area contributed by atoms with Crippen LogP contribution in [-0.4, -0.2) is 9.97 Å². The topological polar surface area (TPSA) is 25.8 Å². The Labute approximate surface area is 242 Å². The van der Waals surface area contributed by atoms with Gasteiger partial charge in [0.05, 0.1) is 11.4 Å². The predicted molar refractivity (Wildman–Crippen MR) is 178 cm³/mol. The van der Waals surface area contributed by atoms with Crippen LogP contribution in [0.4, 0.5) is 0 Å². The standard InChI is InChI=1S/C40H24N2/c1-5-16-31-27(12-1)29-14-3-7-18-33(29)37-23-41-39(21-35(31)37)25-10-9-11-26(20-25)40-22-36-32-17-6-2-13-28(32)30-15-4-8-19-34(30)38(36)24-42-40/h1-24H. The number of benzene rings is 7. The molecule has 2 aromatic heterocycles. The highest BCUT2D eigenvalue weighted by Gasteiger charge is 2.13. The van der Waals surface area contributed by atoms with Gasteiger partial charge in [0.2, 0.25) is 0 Å². The van der Waals surface area contributed by atoms with E-state index in [9.17, 15) is 0 Å². The van der Waals surface area contributed by atoms with Gasteiger partial charge in [-0.2, -0.15) is 0 Å². The molecular formula is C40H24N2. The third-order valence-corrected chi connectivity index (χ3v) is 8.71. The SMILES string of the molecule is c1cc(-c2cc3c4ccccc4c4ccccc4c3cn2)cc(-c2cc3c4ccccc4c4ccccc4c3cn2)c1. The molecule has 0 unspecified atom stereocenters. The van der Waals surface area contributed by atoms with Crippen molar-refractivity contribution in [3.8, 4) is 22.5 Å². The Morgan fingerprint density at radius 3 is 0.929 bits per heavy atom. The van der Waals surface area contributed by atoms with Crippen LogP contribution in [0.1, 0.15) is 0 Å². The molecule has 0 aliphatic rings. The number of hydrogen-bond acceptors (Lipinski definition) is 2. The van der Waals surface area contributed by atoms with Gasteiger partial charge in [0.1, 0.15) is 0 Å². The minimum Gasteiger partial charge on any atom is -0.256 e. The molecule has 0 fully saturated rings. The van der Waals surface area contributed by atoms with Crippen molar-refractivity contribution in [1.29, 1.82) is 0 Å². The average Bonchev–Trinajstić information content (AvgIpc) is 3.08. The molecule has 2 nitrogen and oxygen atoms in total. The molecule has 9 aromatic rings. The van der Waals surface area contributed by atoms with E-state index in [1.54, 1.807) is 0 Å². The Bertz CT molecular complexity index is 2280. The Morgan fingerprint density at radius 2 is 0.571 bits per heavy atom. The van der Waals surface area contributed by atoms with Gasteiger partial charge >= 0.3 is 0 Å². The zero-order valence-corrected chi connectivity index (χ0v) is 22.8. The highest BCUT2D eigenvalue weighted by atomic mass is 14.7. The number of hydrogen-bond donors (Lipinski definition) is 0. The van der Waals surface area contributed by atoms with Gasteiger partial charge < -0.3 is 0 Å². The summed E-state index contributed by atoms with van der Waals surface area (Å²) in [5.74, 6) is 0. The van der Waals surface area contributed by atoms with Crippen molar-refractivity contribution in [2.75, 3.05) is 0 Å². The number of pyridine rings is 2. The summed E-state index contributed by atoms with van der Waals surface area (Å²) in [5, 5.41) is 14.8. The van der Waals surface area contributed by atoms with Crippen LogP contribution in [-0.2, 0) is 0 Å². The number of aromatic nitrogens is 2. The first-order valence-electron chi connectivity index (χ1n) is 14.3. The second kappa shape index (κ2) is 8.95. The highest BCUT2D eigenvalue weighted by molar-refractivity contribution is 6.26. The summed E-state index contributed by atoms with van der Waals surface area (Å²) >= 11 is 0. The molecule has 42 heavy (non-hydrogen) atoms. The van der Waals surface area contributed by atoms with Gasteiger partial charge in [-0.1, -0.05) is 115 Å². The first-order valence-corrected chi connectivity index (χ1v) is 14.3. The van der Waals surface area contributed by atoms with Crippen molar-refractivity contribution < 1.29 is 0 Å². The Hall–Kier alpha value is -5.60. The van der Waals surface area contributed by atoms with Gasteiger partial charge in [0, 0.05) is 34.3 Å². The lowest BCUT2D eigenvalue weighted by atomic mass is 9.93. The van der Waals surface area contributed by atoms with Crippen LogP contribution >= 0.6 is 0 Å². The molecule has 194 valence electrons. The van der Waals surface area contributed by atoms with Gasteiger partial charge in [0.25, 0.3) is 0 Å². The minimum atomic E-state index is 0.960. The average molecular weight is 533 g/mol. The first kappa shape index (κ1) is 23.1. The molecule has 0 saturated heterocycles. The van der Waals surface area contributed by atoms with E-state index in [4.69, 9.17) is 9.97 Å². The van der Waals surface area contributed by atoms with Gasteiger partial charge in [-0.25, -0.2) is 0 Å². The van der Waals surface area contributed by atoms with Crippen molar-refractivity contribution >= 4 is 64.6 Å². The number of rotatable bonds is 2. The zero-order valence-electron chi connectivity index (χ0n) is 22.8. The largest absolute Gasteiger partial charge is 0.256 e. The summed E-state index contributed by atoms with van der Waals surface area (Å²) in [4.78, 5) is 9.95. The van der Waals surface area contributed by atoms with Crippen LogP contribution in [0.3, 0.4) is 0 Å². The quantitative estimate of drug-likeness (QED) is 0.207. The van der Waals surface area contributed by atoms with E-state index in [-0.39, 0.29) is 0 Å². The lowest BCUT2D eigenvalue weighted by Crippen LogP contribution is -1.90. The zero-order chi connectivity index (χ0) is 27.6. The fraction of sp³-hybridized carbons (Fsp3) is 0. The normalized spacial score (nSPS) is 11.8. The van der Waals surface area contributed by atoms with Crippen molar-refractivity contribution in [1.82, 2.24) is 9.97 Å². The van der Waals surface area contributed by atoms with Crippen molar-refractivity contribution in [3.63, 3.8) is 0 Å². The second-order valence-corrected chi connectivity index (χ2v) is 11.0. The summed E-state index contributed by atoms with van der Waals surface area (Å²) in [5.41, 5.74) is 4.08. The molecule has 0 radical (unpaired) electrons. The van der Waals surface area contributed by atoms with Crippen LogP contribution in [0.25, 0.3) is 87.1 Å². The first-order chi connectivity index (χ1) is 20.8. The molecule has 0 atom stereocenters. The fourth-order valence-electron chi connectivity index (χ4n) is 6.75. The van der Waals surface area contributed by atoms with E-state index >= 15 is 0 Å². The molecule has 0 spiro atoms. The Morgan fingerprint density at radius 1 is 0.262 bits per heavy atom. The third-order valence-electron chi connectivity index (χ3n) is 8.71. The van der Waals surface area contributed by atoms with Gasteiger partial charge in [-0.05, 0) is 72.1 Å². The van der Waals surface area contributed by atoms with E-state index in [0.29, 0.717) is 0 Å². The second-order valence-electron chi connectivity index (χ2n) is 11.0. The minimum absolute atomic E-state index is 0.960. The lowest BCUT2D eigenvalue weighted by molar-refractivity contribution is 1.34. The maximum Gasteiger partial charge on any atom is 0.0708 e. The van der Waals surface area contributed by atoms with Crippen molar-refractivity contribution in [2.45, 2.75) is 0 Å². The predicted octanol–water partition coefficient (Wildman–Crippen LogP) is 10.7. The third kappa shape index (κ3) is 3.39. The van der Waals surface area contributed by atoms with E-state index in [2.05, 4.69) is 133 Å². The lowest BCUT2D eigenvalue weighted by Gasteiger charge is -2.13. The molecular weight excluding hydrogens is 508 g/mol. The van der Waals surface area contributed by atoms with Crippen LogP contribution in [0.5, 0.6) is 0 Å². The van der Waals surface area contributed by atoms with Gasteiger partial charge in [-0.15, -0.1) is 0 Å². The Kier molecular flexibility index (Phi) is 4.93. The van der Waals surface area contributed by atoms with Crippen LogP contribution in [0.15, 0.2) is 146 Å². The molecule has 7 aromatic carbocycles. The van der Waals surface area contributed by atoms with Crippen LogP contribution < -0.4 is 0 Å². The molecule has 0 aliphatic heterocycles. The molecule has 2 heteroatoms. The molecule has 0 saturated carbocycles. The van der Waals surface area contributed by atoms with E-state index in [0.717, 1.165) is 22.5 Å². The number of fused-ring (bicyclic) bond motifs is 12. The highest BCUT2D eigenvalue weighted by Crippen LogP contribution is 2.38. The van der Waals surface area contributed by atoms with Crippen molar-refractivity contribution in [3.05, 3.63) is 146 Å². The summed E-state index contributed by atoms with van der Waals surface area (Å²) < 4.78 is 0. The summed E-state index contributed by atoms with van der Waals surface area (Å²) in [6, 6.07) is 47.7.